The van der Waals surface area contributed by atoms with Crippen molar-refractivity contribution in [2.75, 3.05) is 5.88 Å². The first-order valence-electron chi connectivity index (χ1n) is 2.06. The highest BCUT2D eigenvalue weighted by molar-refractivity contribution is 6.28. The molecule has 1 N–H and O–H groups in total. The Labute approximate surface area is 53.2 Å². The zero-order valence-corrected chi connectivity index (χ0v) is 5.58. The topological polar surface area (TPSA) is 20.2 Å². The monoisotopic (exact) mass is 142 g/mol. The Morgan fingerprint density at radius 2 is 2.14 bits per heavy atom. The van der Waals surface area contributed by atoms with Crippen molar-refractivity contribution in [3.8, 4) is 0 Å². The maximum atomic E-state index is 8.60. The van der Waals surface area contributed by atoms with Gasteiger partial charge in [-0.05, 0) is 6.92 Å². The van der Waals surface area contributed by atoms with Gasteiger partial charge in [0.1, 0.15) is 0 Å². The average Bonchev–Trinajstić information content (AvgIpc) is 1.65. The van der Waals surface area contributed by atoms with Crippen molar-refractivity contribution in [1.29, 1.82) is 0 Å². The molecule has 0 rings (SSSR count). The zero-order valence-electron chi connectivity index (χ0n) is 4.06. The van der Waals surface area contributed by atoms with Crippen molar-refractivity contribution < 1.29 is 5.11 Å². The van der Waals surface area contributed by atoms with Crippen LogP contribution in [0.15, 0.2) is 0 Å². The van der Waals surface area contributed by atoms with Gasteiger partial charge in [0.25, 0.3) is 0 Å². The molecule has 0 aromatic carbocycles. The van der Waals surface area contributed by atoms with Gasteiger partial charge < -0.3 is 5.11 Å². The van der Waals surface area contributed by atoms with Crippen LogP contribution in [0.4, 0.5) is 0 Å². The van der Waals surface area contributed by atoms with Gasteiger partial charge in [-0.1, -0.05) is 0 Å². The molecule has 0 bridgehead atoms. The minimum Gasteiger partial charge on any atom is -0.392 e. The minimum atomic E-state index is -0.501. The Morgan fingerprint density at radius 3 is 2.14 bits per heavy atom. The largest absolute Gasteiger partial charge is 0.392 e. The van der Waals surface area contributed by atoms with Crippen LogP contribution in [0, 0.1) is 0 Å². The van der Waals surface area contributed by atoms with E-state index in [-0.39, 0.29) is 5.38 Å². The van der Waals surface area contributed by atoms with Gasteiger partial charge in [0.2, 0.25) is 0 Å². The van der Waals surface area contributed by atoms with Crippen LogP contribution < -0.4 is 0 Å². The number of hydrogen-bond acceptors (Lipinski definition) is 1. The summed E-state index contributed by atoms with van der Waals surface area (Å²) < 4.78 is 0. The summed E-state index contributed by atoms with van der Waals surface area (Å²) in [7, 11) is 0. The second-order valence-electron chi connectivity index (χ2n) is 1.41. The van der Waals surface area contributed by atoms with Crippen LogP contribution in [0.2, 0.25) is 0 Å². The Hall–Kier alpha value is 0.540. The molecule has 0 radical (unpaired) electrons. The first-order valence-corrected chi connectivity index (χ1v) is 3.03. The lowest BCUT2D eigenvalue weighted by Gasteiger charge is -2.05. The van der Waals surface area contributed by atoms with Gasteiger partial charge in [-0.25, -0.2) is 0 Å². The number of halogens is 2. The van der Waals surface area contributed by atoms with Gasteiger partial charge in [-0.2, -0.15) is 0 Å². The summed E-state index contributed by atoms with van der Waals surface area (Å²) >= 11 is 10.7. The van der Waals surface area contributed by atoms with Crippen molar-refractivity contribution >= 4 is 23.2 Å². The summed E-state index contributed by atoms with van der Waals surface area (Å²) in [6, 6.07) is 0. The molecule has 0 amide bonds. The van der Waals surface area contributed by atoms with Crippen molar-refractivity contribution in [2.24, 2.45) is 0 Å². The van der Waals surface area contributed by atoms with Crippen LogP contribution >= 0.6 is 23.2 Å². The quantitative estimate of drug-likeness (QED) is 0.576. The van der Waals surface area contributed by atoms with Crippen LogP contribution in [-0.2, 0) is 0 Å². The Bertz CT molecular complexity index is 47.0. The predicted molar refractivity (Wildman–Crippen MR) is 32.0 cm³/mol. The minimum absolute atomic E-state index is 0.304. The van der Waals surface area contributed by atoms with Gasteiger partial charge in [-0.15, -0.1) is 23.2 Å². The normalized spacial score (nSPS) is 18.9. The van der Waals surface area contributed by atoms with Gasteiger partial charge in [0.15, 0.2) is 0 Å². The molecule has 44 valence electrons. The molecule has 1 unspecified atom stereocenters. The number of alkyl halides is 2. The predicted octanol–water partition coefficient (Wildman–Crippen LogP) is 1.21. The lowest BCUT2D eigenvalue weighted by atomic mass is 10.3. The summed E-state index contributed by atoms with van der Waals surface area (Å²) in [6.07, 6.45) is -0.501. The van der Waals surface area contributed by atoms with E-state index in [0.29, 0.717) is 5.88 Å². The number of rotatable bonds is 2. The Balaban J connectivity index is 3.14. The average molecular weight is 143 g/mol. The summed E-state index contributed by atoms with van der Waals surface area (Å²) in [6.45, 7) is 1.61. The molecular formula is C4H8Cl2O. The molecular weight excluding hydrogens is 135 g/mol. The van der Waals surface area contributed by atoms with E-state index in [0.717, 1.165) is 0 Å². The van der Waals surface area contributed by atoms with E-state index < -0.39 is 6.10 Å². The molecule has 1 nitrogen and oxygen atoms in total. The molecule has 0 aliphatic carbocycles. The van der Waals surface area contributed by atoms with Gasteiger partial charge >= 0.3 is 0 Å². The van der Waals surface area contributed by atoms with Crippen molar-refractivity contribution in [3.05, 3.63) is 0 Å². The SMILES string of the molecule is C[C@H](O)C(Cl)CCl. The smallest absolute Gasteiger partial charge is 0.0727 e. The molecule has 0 heterocycles. The van der Waals surface area contributed by atoms with Gasteiger partial charge in [-0.3, -0.25) is 0 Å². The summed E-state index contributed by atoms with van der Waals surface area (Å²) in [5, 5.41) is 8.30. The molecule has 7 heavy (non-hydrogen) atoms. The van der Waals surface area contributed by atoms with Crippen LogP contribution in [0.25, 0.3) is 0 Å². The fraction of sp³-hybridized carbons (Fsp3) is 1.00. The third kappa shape index (κ3) is 3.15. The third-order valence-electron chi connectivity index (χ3n) is 0.671. The van der Waals surface area contributed by atoms with E-state index >= 15 is 0 Å². The lowest BCUT2D eigenvalue weighted by molar-refractivity contribution is 0.195. The van der Waals surface area contributed by atoms with E-state index in [9.17, 15) is 0 Å². The molecule has 2 atom stereocenters. The molecule has 3 heteroatoms. The molecule has 0 aliphatic rings. The van der Waals surface area contributed by atoms with E-state index in [1.165, 1.54) is 0 Å². The first-order chi connectivity index (χ1) is 3.18. The second kappa shape index (κ2) is 3.53. The third-order valence-corrected chi connectivity index (χ3v) is 1.68. The first kappa shape index (κ1) is 7.54. The lowest BCUT2D eigenvalue weighted by Crippen LogP contribution is -2.17. The van der Waals surface area contributed by atoms with E-state index in [4.69, 9.17) is 28.3 Å². The fourth-order valence-electron chi connectivity index (χ4n) is 0.129. The Morgan fingerprint density at radius 1 is 1.71 bits per heavy atom. The number of aliphatic hydroxyl groups is 1. The van der Waals surface area contributed by atoms with E-state index in [1.807, 2.05) is 0 Å². The zero-order chi connectivity index (χ0) is 5.86. The molecule has 0 saturated heterocycles. The molecule has 0 aliphatic heterocycles. The van der Waals surface area contributed by atoms with Crippen LogP contribution in [0.5, 0.6) is 0 Å². The molecule has 0 spiro atoms. The van der Waals surface area contributed by atoms with Gasteiger partial charge in [0, 0.05) is 5.88 Å². The Kier molecular flexibility index (Phi) is 3.80. The summed E-state index contributed by atoms with van der Waals surface area (Å²) in [4.78, 5) is 0. The molecule has 0 aromatic rings. The fourth-order valence-corrected chi connectivity index (χ4v) is 0.387. The maximum absolute atomic E-state index is 8.60. The van der Waals surface area contributed by atoms with Crippen LogP contribution in [0.3, 0.4) is 0 Å². The molecule has 0 fully saturated rings. The highest BCUT2D eigenvalue weighted by Crippen LogP contribution is 2.02. The van der Waals surface area contributed by atoms with Crippen molar-refractivity contribution in [3.63, 3.8) is 0 Å². The highest BCUT2D eigenvalue weighted by Gasteiger charge is 2.07. The number of aliphatic hydroxyl groups excluding tert-OH is 1. The van der Waals surface area contributed by atoms with Crippen molar-refractivity contribution in [2.45, 2.75) is 18.4 Å². The standard InChI is InChI=1S/C4H8Cl2O/c1-3(7)4(6)2-5/h3-4,7H,2H2,1H3/t3-,4?/m0/s1. The van der Waals surface area contributed by atoms with Crippen LogP contribution in [0.1, 0.15) is 6.92 Å². The summed E-state index contributed by atoms with van der Waals surface area (Å²) in [5.41, 5.74) is 0. The molecule has 0 aromatic heterocycles. The maximum Gasteiger partial charge on any atom is 0.0727 e. The highest BCUT2D eigenvalue weighted by atomic mass is 35.5. The van der Waals surface area contributed by atoms with E-state index in [2.05, 4.69) is 0 Å². The van der Waals surface area contributed by atoms with Crippen molar-refractivity contribution in [1.82, 2.24) is 0 Å². The van der Waals surface area contributed by atoms with Crippen LogP contribution in [-0.4, -0.2) is 22.5 Å². The second-order valence-corrected chi connectivity index (χ2v) is 2.28. The molecule has 0 saturated carbocycles. The number of hydrogen-bond donors (Lipinski definition) is 1. The van der Waals surface area contributed by atoms with E-state index in [1.54, 1.807) is 6.92 Å². The summed E-state index contributed by atoms with van der Waals surface area (Å²) in [5.74, 6) is 0.305. The van der Waals surface area contributed by atoms with Gasteiger partial charge in [0.05, 0.1) is 11.5 Å².